The van der Waals surface area contributed by atoms with Crippen molar-refractivity contribution in [1.29, 1.82) is 0 Å². The van der Waals surface area contributed by atoms with E-state index in [1.165, 1.54) is 17.7 Å². The molecule has 9 heteroatoms. The SMILES string of the molecule is Cn1c(NC(=O)C2(O)CCC3C4CCC5=Cc6c(cnn6-c6ccc(F)cc6)CC5(C)C4C(O)CC32)nc2ccccc21. The van der Waals surface area contributed by atoms with Gasteiger partial charge in [-0.15, -0.1) is 0 Å². The molecule has 3 saturated carbocycles. The predicted octanol–water partition coefficient (Wildman–Crippen LogP) is 5.03. The van der Waals surface area contributed by atoms with Gasteiger partial charge >= 0.3 is 0 Å². The Kier molecular flexibility index (Phi) is 5.82. The molecule has 4 aliphatic carbocycles. The zero-order valence-corrected chi connectivity index (χ0v) is 24.4. The van der Waals surface area contributed by atoms with E-state index in [0.29, 0.717) is 18.8 Å². The first kappa shape index (κ1) is 26.8. The molecule has 7 atom stereocenters. The quantitative estimate of drug-likeness (QED) is 0.315. The second kappa shape index (κ2) is 9.34. The van der Waals surface area contributed by atoms with Crippen LogP contribution in [0.2, 0.25) is 0 Å². The van der Waals surface area contributed by atoms with Crippen LogP contribution in [0.4, 0.5) is 10.3 Å². The number of nitrogens with one attached hydrogen (secondary N) is 1. The molecule has 4 aliphatic rings. The summed E-state index contributed by atoms with van der Waals surface area (Å²) in [6.45, 7) is 2.27. The molecule has 0 bridgehead atoms. The predicted molar refractivity (Wildman–Crippen MR) is 161 cm³/mol. The largest absolute Gasteiger partial charge is 0.393 e. The van der Waals surface area contributed by atoms with Gasteiger partial charge in [-0.3, -0.25) is 10.1 Å². The molecule has 0 radical (unpaired) electrons. The van der Waals surface area contributed by atoms with Crippen molar-refractivity contribution in [3.8, 4) is 5.69 Å². The molecule has 2 aromatic carbocycles. The van der Waals surface area contributed by atoms with Crippen molar-refractivity contribution in [1.82, 2.24) is 19.3 Å². The summed E-state index contributed by atoms with van der Waals surface area (Å²) < 4.78 is 17.3. The van der Waals surface area contributed by atoms with Gasteiger partial charge in [-0.25, -0.2) is 14.1 Å². The maximum atomic E-state index is 13.7. The van der Waals surface area contributed by atoms with Gasteiger partial charge in [0.05, 0.1) is 34.7 Å². The van der Waals surface area contributed by atoms with E-state index in [1.54, 1.807) is 12.1 Å². The van der Waals surface area contributed by atoms with E-state index in [0.717, 1.165) is 53.7 Å². The number of anilines is 1. The van der Waals surface area contributed by atoms with Gasteiger partial charge in [0.1, 0.15) is 11.4 Å². The Morgan fingerprint density at radius 2 is 1.91 bits per heavy atom. The van der Waals surface area contributed by atoms with E-state index in [4.69, 9.17) is 0 Å². The molecule has 0 spiro atoms. The van der Waals surface area contributed by atoms with E-state index >= 15 is 0 Å². The number of aliphatic hydroxyl groups excluding tert-OH is 1. The second-order valence-corrected chi connectivity index (χ2v) is 13.4. The number of rotatable bonds is 3. The highest BCUT2D eigenvalue weighted by Crippen LogP contribution is 2.63. The van der Waals surface area contributed by atoms with Gasteiger partial charge in [0.2, 0.25) is 5.95 Å². The lowest BCUT2D eigenvalue weighted by atomic mass is 9.48. The van der Waals surface area contributed by atoms with E-state index in [-0.39, 0.29) is 34.9 Å². The van der Waals surface area contributed by atoms with Crippen LogP contribution in [-0.2, 0) is 18.3 Å². The first-order valence-electron chi connectivity index (χ1n) is 15.3. The molecule has 0 saturated heterocycles. The van der Waals surface area contributed by atoms with Crippen molar-refractivity contribution < 1.29 is 19.4 Å². The summed E-state index contributed by atoms with van der Waals surface area (Å²) in [5.41, 5.74) is 4.17. The molecular formula is C34H36FN5O3. The number of hydrogen-bond donors (Lipinski definition) is 3. The smallest absolute Gasteiger partial charge is 0.258 e. The summed E-state index contributed by atoms with van der Waals surface area (Å²) in [6.07, 6.45) is 7.60. The molecule has 3 N–H and O–H groups in total. The van der Waals surface area contributed by atoms with E-state index in [1.807, 2.05) is 46.8 Å². The van der Waals surface area contributed by atoms with Crippen LogP contribution in [0.5, 0.6) is 0 Å². The number of aliphatic hydroxyl groups is 2. The number of benzene rings is 2. The molecule has 222 valence electrons. The number of carbonyl (C=O) groups is 1. The highest BCUT2D eigenvalue weighted by Gasteiger charge is 2.63. The van der Waals surface area contributed by atoms with E-state index in [2.05, 4.69) is 28.4 Å². The normalized spacial score (nSPS) is 32.9. The van der Waals surface area contributed by atoms with Crippen LogP contribution in [0.3, 0.4) is 0 Å². The van der Waals surface area contributed by atoms with Crippen molar-refractivity contribution in [2.75, 3.05) is 5.32 Å². The number of amides is 1. The van der Waals surface area contributed by atoms with Crippen molar-refractivity contribution >= 4 is 29.0 Å². The summed E-state index contributed by atoms with van der Waals surface area (Å²) >= 11 is 0. The third-order valence-electron chi connectivity index (χ3n) is 11.4. The zero-order valence-electron chi connectivity index (χ0n) is 24.4. The Hall–Kier alpha value is -3.82. The number of allylic oxidation sites excluding steroid dienone is 1. The monoisotopic (exact) mass is 581 g/mol. The lowest BCUT2D eigenvalue weighted by Gasteiger charge is -2.57. The topological polar surface area (TPSA) is 105 Å². The fourth-order valence-electron chi connectivity index (χ4n) is 9.33. The van der Waals surface area contributed by atoms with Gasteiger partial charge in [0.15, 0.2) is 0 Å². The molecule has 8 nitrogen and oxygen atoms in total. The first-order chi connectivity index (χ1) is 20.7. The molecule has 43 heavy (non-hydrogen) atoms. The maximum absolute atomic E-state index is 13.7. The summed E-state index contributed by atoms with van der Waals surface area (Å²) in [6, 6.07) is 14.1. The third kappa shape index (κ3) is 3.83. The summed E-state index contributed by atoms with van der Waals surface area (Å²) in [4.78, 5) is 18.3. The van der Waals surface area contributed by atoms with Crippen LogP contribution in [0, 0.1) is 34.9 Å². The van der Waals surface area contributed by atoms with Crippen LogP contribution in [0.15, 0.2) is 60.3 Å². The Morgan fingerprint density at radius 1 is 1.12 bits per heavy atom. The summed E-state index contributed by atoms with van der Waals surface area (Å²) in [5.74, 6) is -0.207. The van der Waals surface area contributed by atoms with Gasteiger partial charge in [-0.1, -0.05) is 24.6 Å². The Bertz CT molecular complexity index is 1790. The molecule has 8 rings (SSSR count). The molecule has 7 unspecified atom stereocenters. The molecule has 0 aliphatic heterocycles. The lowest BCUT2D eigenvalue weighted by molar-refractivity contribution is -0.151. The molecule has 1 amide bonds. The molecule has 2 aromatic heterocycles. The van der Waals surface area contributed by atoms with Crippen molar-refractivity contribution in [3.63, 3.8) is 0 Å². The molecule has 2 heterocycles. The lowest BCUT2D eigenvalue weighted by Crippen LogP contribution is -2.57. The second-order valence-electron chi connectivity index (χ2n) is 13.4. The number of fused-ring (bicyclic) bond motifs is 7. The highest BCUT2D eigenvalue weighted by molar-refractivity contribution is 5.97. The summed E-state index contributed by atoms with van der Waals surface area (Å²) in [5, 5.41) is 31.3. The molecule has 3 fully saturated rings. The van der Waals surface area contributed by atoms with Crippen LogP contribution >= 0.6 is 0 Å². The number of hydrogen-bond acceptors (Lipinski definition) is 5. The van der Waals surface area contributed by atoms with E-state index in [9.17, 15) is 19.4 Å². The number of aryl methyl sites for hydroxylation is 1. The molecular weight excluding hydrogens is 545 g/mol. The Morgan fingerprint density at radius 3 is 2.70 bits per heavy atom. The van der Waals surface area contributed by atoms with E-state index < -0.39 is 17.6 Å². The van der Waals surface area contributed by atoms with Gasteiger partial charge < -0.3 is 14.8 Å². The number of para-hydroxylation sites is 2. The van der Waals surface area contributed by atoms with Crippen LogP contribution in [-0.4, -0.2) is 47.2 Å². The van der Waals surface area contributed by atoms with Gasteiger partial charge in [0.25, 0.3) is 5.91 Å². The standard InChI is InChI=1S/C34H36FN5O3/c1-33-17-19-18-36-40(22-10-8-21(35)9-11-22)28(19)15-20(33)7-12-24-23-13-14-34(43,25(23)16-29(41)30(24)33)31(42)38-32-37-26-5-3-4-6-27(26)39(32)2/h3-6,8-11,15,18,23-25,29-30,41,43H,7,12-14,16-17H2,1-2H3,(H,37,38,42). The number of carbonyl (C=O) groups excluding carboxylic acids is 1. The fourth-order valence-corrected chi connectivity index (χ4v) is 9.33. The van der Waals surface area contributed by atoms with Crippen molar-refractivity contribution in [2.45, 2.75) is 57.2 Å². The minimum atomic E-state index is -1.55. The first-order valence-corrected chi connectivity index (χ1v) is 15.3. The molecule has 4 aromatic rings. The summed E-state index contributed by atoms with van der Waals surface area (Å²) in [7, 11) is 1.86. The average molecular weight is 582 g/mol. The van der Waals surface area contributed by atoms with Crippen LogP contribution in [0.25, 0.3) is 22.8 Å². The third-order valence-corrected chi connectivity index (χ3v) is 11.4. The van der Waals surface area contributed by atoms with Gasteiger partial charge in [-0.2, -0.15) is 5.10 Å². The zero-order chi connectivity index (χ0) is 29.7. The minimum absolute atomic E-state index is 0.0290. The number of halogens is 1. The Balaban J connectivity index is 1.06. The maximum Gasteiger partial charge on any atom is 0.258 e. The van der Waals surface area contributed by atoms with Crippen molar-refractivity contribution in [3.05, 3.63) is 77.4 Å². The fraction of sp³-hybridized carbons (Fsp3) is 0.441. The number of imidazole rings is 1. The average Bonchev–Trinajstić information content (AvgIpc) is 3.65. The minimum Gasteiger partial charge on any atom is -0.393 e. The highest BCUT2D eigenvalue weighted by atomic mass is 19.1. The van der Waals surface area contributed by atoms with Crippen LogP contribution < -0.4 is 5.32 Å². The number of nitrogens with zero attached hydrogens (tertiary/aromatic N) is 4. The van der Waals surface area contributed by atoms with Gasteiger partial charge in [-0.05, 0) is 110 Å². The van der Waals surface area contributed by atoms with Gasteiger partial charge in [0, 0.05) is 13.0 Å². The number of aromatic nitrogens is 4. The Labute approximate surface area is 249 Å². The van der Waals surface area contributed by atoms with Crippen molar-refractivity contribution in [2.24, 2.45) is 36.1 Å². The van der Waals surface area contributed by atoms with Crippen LogP contribution in [0.1, 0.15) is 50.3 Å².